The molecule has 0 radical (unpaired) electrons. The molecule has 0 fully saturated rings. The molecule has 0 aromatic heterocycles. The first-order chi connectivity index (χ1) is 8.38. The van der Waals surface area contributed by atoms with Crippen LogP contribution in [0.4, 0.5) is 5.69 Å². The van der Waals surface area contributed by atoms with Crippen molar-refractivity contribution in [1.29, 1.82) is 0 Å². The largest absolute Gasteiger partial charge is 0.336 e. The number of nitrogens with zero attached hydrogens (tertiary/aromatic N) is 2. The predicted octanol–water partition coefficient (Wildman–Crippen LogP) is 3.07. The molecule has 1 rings (SSSR count). The van der Waals surface area contributed by atoms with Gasteiger partial charge in [-0.25, -0.2) is 0 Å². The average Bonchev–Trinajstić information content (AvgIpc) is 2.29. The fourth-order valence-corrected chi connectivity index (χ4v) is 2.25. The first-order valence-electron chi connectivity index (χ1n) is 5.63. The number of hydrogen-bond acceptors (Lipinski definition) is 3. The number of nitro benzene ring substituents is 1. The number of carbonyl (C=O) groups excluding carboxylic acids is 1. The van der Waals surface area contributed by atoms with E-state index in [0.29, 0.717) is 12.1 Å². The highest BCUT2D eigenvalue weighted by atomic mass is 127. The second kappa shape index (κ2) is 6.12. The Morgan fingerprint density at radius 3 is 2.56 bits per heavy atom. The lowest BCUT2D eigenvalue weighted by Gasteiger charge is -2.25. The molecule has 5 nitrogen and oxygen atoms in total. The van der Waals surface area contributed by atoms with Crippen molar-refractivity contribution >= 4 is 34.2 Å². The fraction of sp³-hybridized carbons (Fsp3) is 0.417. The molecule has 0 atom stereocenters. The van der Waals surface area contributed by atoms with E-state index in [9.17, 15) is 14.9 Å². The summed E-state index contributed by atoms with van der Waals surface area (Å²) in [7, 11) is 0. The molecule has 0 aliphatic carbocycles. The Hall–Kier alpha value is -1.18. The molecule has 0 heterocycles. The van der Waals surface area contributed by atoms with Crippen LogP contribution in [0.3, 0.4) is 0 Å². The number of benzene rings is 1. The third-order valence-corrected chi connectivity index (χ3v) is 3.56. The van der Waals surface area contributed by atoms with E-state index in [1.807, 2.05) is 43.4 Å². The summed E-state index contributed by atoms with van der Waals surface area (Å²) >= 11 is 2.02. The number of rotatable bonds is 4. The van der Waals surface area contributed by atoms with Gasteiger partial charge in [-0.15, -0.1) is 0 Å². The van der Waals surface area contributed by atoms with Crippen LogP contribution in [0, 0.1) is 13.7 Å². The van der Waals surface area contributed by atoms with Crippen molar-refractivity contribution in [3.63, 3.8) is 0 Å². The summed E-state index contributed by atoms with van der Waals surface area (Å²) < 4.78 is 0.724. The number of amides is 1. The van der Waals surface area contributed by atoms with Crippen molar-refractivity contribution in [3.8, 4) is 0 Å². The quantitative estimate of drug-likeness (QED) is 0.470. The molecule has 0 aliphatic rings. The Labute approximate surface area is 119 Å². The fourth-order valence-electron chi connectivity index (χ4n) is 1.69. The van der Waals surface area contributed by atoms with Crippen LogP contribution in [-0.4, -0.2) is 28.3 Å². The van der Waals surface area contributed by atoms with Crippen LogP contribution in [-0.2, 0) is 0 Å². The van der Waals surface area contributed by atoms with Gasteiger partial charge in [0.2, 0.25) is 0 Å². The van der Waals surface area contributed by atoms with Crippen LogP contribution in [0.15, 0.2) is 18.2 Å². The van der Waals surface area contributed by atoms with Gasteiger partial charge in [-0.2, -0.15) is 0 Å². The van der Waals surface area contributed by atoms with E-state index in [1.165, 1.54) is 12.1 Å². The van der Waals surface area contributed by atoms with Gasteiger partial charge in [-0.3, -0.25) is 14.9 Å². The van der Waals surface area contributed by atoms with E-state index < -0.39 is 4.92 Å². The lowest BCUT2D eigenvalue weighted by atomic mass is 10.1. The van der Waals surface area contributed by atoms with Gasteiger partial charge >= 0.3 is 0 Å². The zero-order valence-corrected chi connectivity index (χ0v) is 12.7. The second-order valence-corrected chi connectivity index (χ2v) is 5.27. The maximum Gasteiger partial charge on any atom is 0.270 e. The minimum Gasteiger partial charge on any atom is -0.336 e. The molecule has 0 saturated carbocycles. The summed E-state index contributed by atoms with van der Waals surface area (Å²) in [6, 6.07) is 4.41. The molecular formula is C12H15IN2O3. The summed E-state index contributed by atoms with van der Waals surface area (Å²) in [5.74, 6) is -0.166. The monoisotopic (exact) mass is 362 g/mol. The van der Waals surface area contributed by atoms with Crippen molar-refractivity contribution in [2.24, 2.45) is 0 Å². The van der Waals surface area contributed by atoms with Gasteiger partial charge in [-0.05, 0) is 49.4 Å². The highest BCUT2D eigenvalue weighted by Crippen LogP contribution is 2.21. The molecule has 0 unspecified atom stereocenters. The van der Waals surface area contributed by atoms with E-state index >= 15 is 0 Å². The first-order valence-corrected chi connectivity index (χ1v) is 6.71. The number of carbonyl (C=O) groups is 1. The van der Waals surface area contributed by atoms with Crippen LogP contribution in [0.25, 0.3) is 0 Å². The van der Waals surface area contributed by atoms with Crippen molar-refractivity contribution < 1.29 is 9.72 Å². The van der Waals surface area contributed by atoms with Crippen LogP contribution < -0.4 is 0 Å². The summed E-state index contributed by atoms with van der Waals surface area (Å²) in [6.45, 7) is 6.31. The normalized spacial score (nSPS) is 10.5. The van der Waals surface area contributed by atoms with E-state index in [1.54, 1.807) is 11.0 Å². The lowest BCUT2D eigenvalue weighted by Crippen LogP contribution is -2.37. The van der Waals surface area contributed by atoms with E-state index in [2.05, 4.69) is 0 Å². The zero-order chi connectivity index (χ0) is 13.9. The molecule has 0 aliphatic heterocycles. The average molecular weight is 362 g/mol. The third kappa shape index (κ3) is 3.18. The van der Waals surface area contributed by atoms with Crippen molar-refractivity contribution in [2.75, 3.05) is 6.54 Å². The van der Waals surface area contributed by atoms with Gasteiger partial charge < -0.3 is 4.90 Å². The molecule has 1 aromatic rings. The van der Waals surface area contributed by atoms with Gasteiger partial charge in [-0.1, -0.05) is 0 Å². The molecule has 0 bridgehead atoms. The van der Waals surface area contributed by atoms with Crippen LogP contribution in [0.1, 0.15) is 31.1 Å². The number of hydrogen-bond donors (Lipinski definition) is 0. The SMILES string of the molecule is CCN(C(=O)c1cc([N+](=O)[O-])ccc1I)C(C)C. The van der Waals surface area contributed by atoms with E-state index in [0.717, 1.165) is 3.57 Å². The van der Waals surface area contributed by atoms with Crippen LogP contribution in [0.2, 0.25) is 0 Å². The smallest absolute Gasteiger partial charge is 0.270 e. The van der Waals surface area contributed by atoms with Gasteiger partial charge in [0.15, 0.2) is 0 Å². The minimum absolute atomic E-state index is 0.0569. The van der Waals surface area contributed by atoms with Gasteiger partial charge in [0.25, 0.3) is 11.6 Å². The minimum atomic E-state index is -0.488. The summed E-state index contributed by atoms with van der Waals surface area (Å²) in [5.41, 5.74) is 0.332. The summed E-state index contributed by atoms with van der Waals surface area (Å²) in [4.78, 5) is 24.2. The highest BCUT2D eigenvalue weighted by molar-refractivity contribution is 14.1. The van der Waals surface area contributed by atoms with Gasteiger partial charge in [0.1, 0.15) is 0 Å². The molecule has 6 heteroatoms. The van der Waals surface area contributed by atoms with E-state index in [4.69, 9.17) is 0 Å². The van der Waals surface area contributed by atoms with Crippen molar-refractivity contribution in [1.82, 2.24) is 4.90 Å². The third-order valence-electron chi connectivity index (χ3n) is 2.62. The molecule has 1 amide bonds. The Morgan fingerprint density at radius 1 is 1.50 bits per heavy atom. The second-order valence-electron chi connectivity index (χ2n) is 4.11. The molecule has 18 heavy (non-hydrogen) atoms. The standard InChI is InChI=1S/C12H15IN2O3/c1-4-14(8(2)3)12(16)10-7-9(15(17)18)5-6-11(10)13/h5-8H,4H2,1-3H3. The van der Waals surface area contributed by atoms with Gasteiger partial charge in [0, 0.05) is 28.3 Å². The summed E-state index contributed by atoms with van der Waals surface area (Å²) in [5, 5.41) is 10.7. The van der Waals surface area contributed by atoms with E-state index in [-0.39, 0.29) is 17.6 Å². The first kappa shape index (κ1) is 14.9. The van der Waals surface area contributed by atoms with Crippen LogP contribution >= 0.6 is 22.6 Å². The van der Waals surface area contributed by atoms with Gasteiger partial charge in [0.05, 0.1) is 10.5 Å². The predicted molar refractivity (Wildman–Crippen MR) is 77.7 cm³/mol. The number of halogens is 1. The highest BCUT2D eigenvalue weighted by Gasteiger charge is 2.21. The maximum atomic E-state index is 12.3. The Kier molecular flexibility index (Phi) is 5.06. The molecule has 0 saturated heterocycles. The molecule has 0 spiro atoms. The number of nitro groups is 1. The maximum absolute atomic E-state index is 12.3. The lowest BCUT2D eigenvalue weighted by molar-refractivity contribution is -0.384. The van der Waals surface area contributed by atoms with Crippen LogP contribution in [0.5, 0.6) is 0 Å². The van der Waals surface area contributed by atoms with Crippen molar-refractivity contribution in [2.45, 2.75) is 26.8 Å². The molecular weight excluding hydrogens is 347 g/mol. The Bertz CT molecular complexity index is 474. The Morgan fingerprint density at radius 2 is 2.11 bits per heavy atom. The van der Waals surface area contributed by atoms with Crippen molar-refractivity contribution in [3.05, 3.63) is 37.4 Å². The zero-order valence-electron chi connectivity index (χ0n) is 10.5. The Balaban J connectivity index is 3.19. The summed E-state index contributed by atoms with van der Waals surface area (Å²) in [6.07, 6.45) is 0. The topological polar surface area (TPSA) is 63.5 Å². The molecule has 0 N–H and O–H groups in total. The number of non-ortho nitro benzene ring substituents is 1. The molecule has 1 aromatic carbocycles. The molecule has 98 valence electrons.